The third kappa shape index (κ3) is 4.53. The summed E-state index contributed by atoms with van der Waals surface area (Å²) in [5, 5.41) is 9.08. The van der Waals surface area contributed by atoms with Crippen molar-refractivity contribution in [3.8, 4) is 28.4 Å². The van der Waals surface area contributed by atoms with Gasteiger partial charge >= 0.3 is 0 Å². The van der Waals surface area contributed by atoms with Gasteiger partial charge in [-0.15, -0.1) is 0 Å². The Bertz CT molecular complexity index is 1140. The standard InChI is InChI=1S/C23H18Cl2N4O/c24-18-7-3-16(4-8-18)21-22(17-5-9-19(25)10-6-17)28-23(20(15-26)27-21)30-14-13-29-11-1-2-12-29/h1-12,15,26H,13-14H2. The van der Waals surface area contributed by atoms with E-state index in [1.807, 2.05) is 53.4 Å². The number of ether oxygens (including phenoxy) is 1. The summed E-state index contributed by atoms with van der Waals surface area (Å²) in [6, 6.07) is 18.7. The number of benzene rings is 2. The summed E-state index contributed by atoms with van der Waals surface area (Å²) in [6.07, 6.45) is 5.09. The molecular formula is C23H18Cl2N4O. The number of hydrogen-bond acceptors (Lipinski definition) is 4. The Labute approximate surface area is 184 Å². The monoisotopic (exact) mass is 436 g/mol. The lowest BCUT2D eigenvalue weighted by molar-refractivity contribution is 0.286. The van der Waals surface area contributed by atoms with E-state index in [9.17, 15) is 0 Å². The molecule has 0 atom stereocenters. The van der Waals surface area contributed by atoms with Gasteiger partial charge in [0.2, 0.25) is 5.88 Å². The van der Waals surface area contributed by atoms with Crippen LogP contribution in [0.3, 0.4) is 0 Å². The summed E-state index contributed by atoms with van der Waals surface area (Å²) < 4.78 is 7.92. The molecule has 2 heterocycles. The van der Waals surface area contributed by atoms with E-state index >= 15 is 0 Å². The van der Waals surface area contributed by atoms with Crippen LogP contribution in [0.2, 0.25) is 10.0 Å². The van der Waals surface area contributed by atoms with Gasteiger partial charge in [-0.3, -0.25) is 0 Å². The van der Waals surface area contributed by atoms with Crippen LogP contribution in [0.15, 0.2) is 73.1 Å². The Morgan fingerprint density at radius 3 is 1.90 bits per heavy atom. The van der Waals surface area contributed by atoms with Gasteiger partial charge in [0.1, 0.15) is 18.0 Å². The first-order valence-electron chi connectivity index (χ1n) is 9.32. The Morgan fingerprint density at radius 2 is 1.37 bits per heavy atom. The molecule has 1 N–H and O–H groups in total. The predicted molar refractivity (Wildman–Crippen MR) is 121 cm³/mol. The molecule has 0 saturated carbocycles. The highest BCUT2D eigenvalue weighted by Crippen LogP contribution is 2.33. The predicted octanol–water partition coefficient (Wildman–Crippen LogP) is 6.00. The van der Waals surface area contributed by atoms with Crippen molar-refractivity contribution in [2.45, 2.75) is 6.54 Å². The van der Waals surface area contributed by atoms with Gasteiger partial charge in [-0.2, -0.15) is 0 Å². The van der Waals surface area contributed by atoms with Gasteiger partial charge in [0.05, 0.1) is 12.2 Å². The van der Waals surface area contributed by atoms with E-state index in [1.54, 1.807) is 24.3 Å². The highest BCUT2D eigenvalue weighted by atomic mass is 35.5. The molecule has 0 aliphatic heterocycles. The number of aromatic nitrogens is 3. The van der Waals surface area contributed by atoms with Gasteiger partial charge in [-0.05, 0) is 36.4 Å². The molecule has 0 unspecified atom stereocenters. The molecule has 5 nitrogen and oxygen atoms in total. The lowest BCUT2D eigenvalue weighted by Gasteiger charge is -2.14. The molecule has 4 aromatic rings. The third-order valence-corrected chi connectivity index (χ3v) is 5.02. The van der Waals surface area contributed by atoms with Gasteiger partial charge in [0.15, 0.2) is 0 Å². The highest BCUT2D eigenvalue weighted by Gasteiger charge is 2.17. The first kappa shape index (κ1) is 20.1. The Morgan fingerprint density at radius 1 is 0.833 bits per heavy atom. The minimum Gasteiger partial charge on any atom is -0.474 e. The second kappa shape index (κ2) is 9.11. The van der Waals surface area contributed by atoms with E-state index in [0.717, 1.165) is 17.3 Å². The second-order valence-electron chi connectivity index (χ2n) is 6.54. The van der Waals surface area contributed by atoms with E-state index < -0.39 is 0 Å². The Hall–Kier alpha value is -3.15. The number of nitrogens with one attached hydrogen (secondary N) is 1. The van der Waals surface area contributed by atoms with Crippen molar-refractivity contribution in [3.05, 3.63) is 88.8 Å². The summed E-state index contributed by atoms with van der Waals surface area (Å²) in [5.74, 6) is 0.319. The zero-order valence-corrected chi connectivity index (χ0v) is 17.4. The number of rotatable bonds is 7. The molecule has 0 bridgehead atoms. The van der Waals surface area contributed by atoms with Crippen molar-refractivity contribution < 1.29 is 4.74 Å². The van der Waals surface area contributed by atoms with Crippen molar-refractivity contribution in [1.29, 1.82) is 5.41 Å². The number of halogens is 2. The average molecular weight is 437 g/mol. The van der Waals surface area contributed by atoms with E-state index in [-0.39, 0.29) is 0 Å². The fourth-order valence-corrected chi connectivity index (χ4v) is 3.27. The van der Waals surface area contributed by atoms with Crippen LogP contribution in [0.5, 0.6) is 5.88 Å². The van der Waals surface area contributed by atoms with Gasteiger partial charge in [-0.1, -0.05) is 47.5 Å². The van der Waals surface area contributed by atoms with Crippen molar-refractivity contribution in [1.82, 2.24) is 14.5 Å². The topological polar surface area (TPSA) is 63.8 Å². The first-order chi connectivity index (χ1) is 14.6. The summed E-state index contributed by atoms with van der Waals surface area (Å²) in [7, 11) is 0. The van der Waals surface area contributed by atoms with E-state index in [4.69, 9.17) is 43.3 Å². The lowest BCUT2D eigenvalue weighted by Crippen LogP contribution is -2.10. The maximum absolute atomic E-state index is 7.80. The van der Waals surface area contributed by atoms with Crippen molar-refractivity contribution in [2.75, 3.05) is 6.61 Å². The maximum Gasteiger partial charge on any atom is 0.242 e. The summed E-state index contributed by atoms with van der Waals surface area (Å²) in [5.41, 5.74) is 3.36. The zero-order chi connectivity index (χ0) is 20.9. The minimum atomic E-state index is 0.319. The van der Waals surface area contributed by atoms with Crippen LogP contribution in [-0.4, -0.2) is 27.4 Å². The molecule has 7 heteroatoms. The molecule has 0 aliphatic carbocycles. The molecule has 30 heavy (non-hydrogen) atoms. The molecule has 0 aliphatic rings. The maximum atomic E-state index is 7.80. The lowest BCUT2D eigenvalue weighted by atomic mass is 10.0. The second-order valence-corrected chi connectivity index (χ2v) is 7.41. The SMILES string of the molecule is N=Cc1nc(-c2ccc(Cl)cc2)c(-c2ccc(Cl)cc2)nc1OCCn1cccc1. The third-order valence-electron chi connectivity index (χ3n) is 4.52. The molecule has 0 radical (unpaired) electrons. The van der Waals surface area contributed by atoms with Crippen LogP contribution in [0, 0.1) is 5.41 Å². The average Bonchev–Trinajstić information content (AvgIpc) is 3.28. The van der Waals surface area contributed by atoms with Gasteiger partial charge in [0.25, 0.3) is 0 Å². The molecule has 4 rings (SSSR count). The molecule has 150 valence electrons. The van der Waals surface area contributed by atoms with Gasteiger partial charge < -0.3 is 14.7 Å². The number of nitrogens with zero attached hydrogens (tertiary/aromatic N) is 3. The fraction of sp³-hybridized carbons (Fsp3) is 0.0870. The molecule has 2 aromatic heterocycles. The van der Waals surface area contributed by atoms with Crippen molar-refractivity contribution >= 4 is 29.4 Å². The largest absolute Gasteiger partial charge is 0.474 e. The zero-order valence-electron chi connectivity index (χ0n) is 15.9. The quantitative estimate of drug-likeness (QED) is 0.361. The summed E-state index contributed by atoms with van der Waals surface area (Å²) >= 11 is 12.1. The van der Waals surface area contributed by atoms with Crippen LogP contribution in [-0.2, 0) is 6.54 Å². The van der Waals surface area contributed by atoms with Gasteiger partial charge in [-0.25, -0.2) is 9.97 Å². The normalized spacial score (nSPS) is 10.7. The fourth-order valence-electron chi connectivity index (χ4n) is 3.02. The van der Waals surface area contributed by atoms with Crippen LogP contribution >= 0.6 is 23.2 Å². The van der Waals surface area contributed by atoms with Crippen molar-refractivity contribution in [3.63, 3.8) is 0 Å². The number of hydrogen-bond donors (Lipinski definition) is 1. The minimum absolute atomic E-state index is 0.319. The van der Waals surface area contributed by atoms with Crippen LogP contribution in [0.1, 0.15) is 5.69 Å². The van der Waals surface area contributed by atoms with Crippen LogP contribution in [0.4, 0.5) is 0 Å². The van der Waals surface area contributed by atoms with Crippen LogP contribution < -0.4 is 4.74 Å². The van der Waals surface area contributed by atoms with E-state index in [2.05, 4.69) is 0 Å². The summed E-state index contributed by atoms with van der Waals surface area (Å²) in [6.45, 7) is 1.08. The molecule has 0 spiro atoms. The molecule has 0 saturated heterocycles. The van der Waals surface area contributed by atoms with Crippen molar-refractivity contribution in [2.24, 2.45) is 0 Å². The van der Waals surface area contributed by atoms with E-state index in [1.165, 1.54) is 0 Å². The first-order valence-corrected chi connectivity index (χ1v) is 10.1. The Kier molecular flexibility index (Phi) is 6.12. The van der Waals surface area contributed by atoms with Gasteiger partial charge in [0, 0.05) is 39.8 Å². The van der Waals surface area contributed by atoms with E-state index in [0.29, 0.717) is 46.2 Å². The summed E-state index contributed by atoms with van der Waals surface area (Å²) in [4.78, 5) is 9.43. The molecular weight excluding hydrogens is 419 g/mol. The molecule has 0 amide bonds. The Balaban J connectivity index is 1.75. The highest BCUT2D eigenvalue weighted by molar-refractivity contribution is 6.31. The molecule has 0 fully saturated rings. The van der Waals surface area contributed by atoms with Crippen LogP contribution in [0.25, 0.3) is 22.5 Å². The molecule has 2 aromatic carbocycles. The smallest absolute Gasteiger partial charge is 0.242 e.